The van der Waals surface area contributed by atoms with Crippen molar-refractivity contribution in [2.45, 2.75) is 20.4 Å². The Bertz CT molecular complexity index is 619. The van der Waals surface area contributed by atoms with Crippen molar-refractivity contribution in [1.82, 2.24) is 9.78 Å². The third-order valence-corrected chi connectivity index (χ3v) is 2.98. The lowest BCUT2D eigenvalue weighted by Gasteiger charge is -2.10. The third-order valence-electron chi connectivity index (χ3n) is 2.98. The maximum atomic E-state index is 10.8. The minimum absolute atomic E-state index is 0.157. The van der Waals surface area contributed by atoms with Crippen LogP contribution in [0.5, 0.6) is 0 Å². The van der Waals surface area contributed by atoms with Crippen molar-refractivity contribution in [1.29, 1.82) is 0 Å². The van der Waals surface area contributed by atoms with Gasteiger partial charge in [-0.2, -0.15) is 5.10 Å². The van der Waals surface area contributed by atoms with Crippen LogP contribution in [-0.4, -0.2) is 14.7 Å². The summed E-state index contributed by atoms with van der Waals surface area (Å²) in [6.07, 6.45) is 3.72. The average Bonchev–Trinajstić information content (AvgIpc) is 2.75. The van der Waals surface area contributed by atoms with Crippen LogP contribution >= 0.6 is 0 Å². The Morgan fingerprint density at radius 3 is 2.68 bits per heavy atom. The SMILES string of the molecule is Cc1cc([N+](=O)[O-])c(C)cc1NCc1cnn(C)c1. The van der Waals surface area contributed by atoms with E-state index in [1.54, 1.807) is 23.9 Å². The summed E-state index contributed by atoms with van der Waals surface area (Å²) in [5.74, 6) is 0. The second-order valence-corrected chi connectivity index (χ2v) is 4.59. The standard InChI is InChI=1S/C13H16N4O2/c1-9-5-13(17(18)19)10(2)4-12(9)14-6-11-7-15-16(3)8-11/h4-5,7-8,14H,6H2,1-3H3. The molecule has 19 heavy (non-hydrogen) atoms. The summed E-state index contributed by atoms with van der Waals surface area (Å²) in [4.78, 5) is 10.5. The minimum atomic E-state index is -0.354. The van der Waals surface area contributed by atoms with Gasteiger partial charge in [0.05, 0.1) is 11.1 Å². The van der Waals surface area contributed by atoms with Gasteiger partial charge in [-0.1, -0.05) is 0 Å². The Kier molecular flexibility index (Phi) is 3.50. The van der Waals surface area contributed by atoms with Gasteiger partial charge in [-0.3, -0.25) is 14.8 Å². The van der Waals surface area contributed by atoms with Gasteiger partial charge in [-0.05, 0) is 25.5 Å². The maximum Gasteiger partial charge on any atom is 0.272 e. The topological polar surface area (TPSA) is 73.0 Å². The van der Waals surface area contributed by atoms with E-state index in [1.165, 1.54) is 0 Å². The molecule has 2 aromatic rings. The molecule has 0 amide bonds. The fourth-order valence-electron chi connectivity index (χ4n) is 1.95. The van der Waals surface area contributed by atoms with E-state index >= 15 is 0 Å². The molecule has 100 valence electrons. The Morgan fingerprint density at radius 1 is 1.37 bits per heavy atom. The first-order valence-corrected chi connectivity index (χ1v) is 5.94. The number of aryl methyl sites for hydroxylation is 3. The summed E-state index contributed by atoms with van der Waals surface area (Å²) in [5.41, 5.74) is 3.65. The number of benzene rings is 1. The number of nitrogens with zero attached hydrogens (tertiary/aromatic N) is 3. The summed E-state index contributed by atoms with van der Waals surface area (Å²) >= 11 is 0. The van der Waals surface area contributed by atoms with Gasteiger partial charge in [0.15, 0.2) is 0 Å². The Balaban J connectivity index is 2.17. The van der Waals surface area contributed by atoms with Crippen molar-refractivity contribution in [3.8, 4) is 0 Å². The molecule has 0 unspecified atom stereocenters. The van der Waals surface area contributed by atoms with E-state index in [2.05, 4.69) is 10.4 Å². The highest BCUT2D eigenvalue weighted by Gasteiger charge is 2.13. The Morgan fingerprint density at radius 2 is 2.11 bits per heavy atom. The zero-order valence-corrected chi connectivity index (χ0v) is 11.2. The molecule has 6 nitrogen and oxygen atoms in total. The van der Waals surface area contributed by atoms with Crippen molar-refractivity contribution in [2.75, 3.05) is 5.32 Å². The van der Waals surface area contributed by atoms with Crippen LogP contribution in [0.1, 0.15) is 16.7 Å². The molecule has 0 aliphatic rings. The number of rotatable bonds is 4. The predicted octanol–water partition coefficient (Wildman–Crippen LogP) is 2.56. The highest BCUT2D eigenvalue weighted by atomic mass is 16.6. The quantitative estimate of drug-likeness (QED) is 0.677. The molecule has 0 fully saturated rings. The smallest absolute Gasteiger partial charge is 0.272 e. The van der Waals surface area contributed by atoms with E-state index in [0.29, 0.717) is 12.1 Å². The molecule has 0 bridgehead atoms. The van der Waals surface area contributed by atoms with Crippen molar-refractivity contribution < 1.29 is 4.92 Å². The van der Waals surface area contributed by atoms with Crippen LogP contribution in [0.4, 0.5) is 11.4 Å². The lowest BCUT2D eigenvalue weighted by Crippen LogP contribution is -2.02. The van der Waals surface area contributed by atoms with E-state index in [1.807, 2.05) is 26.2 Å². The van der Waals surface area contributed by atoms with Gasteiger partial charge in [0.1, 0.15) is 0 Å². The van der Waals surface area contributed by atoms with Gasteiger partial charge in [0, 0.05) is 42.7 Å². The number of nitro groups is 1. The van der Waals surface area contributed by atoms with Crippen LogP contribution in [0.2, 0.25) is 0 Å². The number of hydrogen-bond donors (Lipinski definition) is 1. The van der Waals surface area contributed by atoms with E-state index in [9.17, 15) is 10.1 Å². The van der Waals surface area contributed by atoms with Gasteiger partial charge >= 0.3 is 0 Å². The molecule has 2 rings (SSSR count). The molecule has 0 spiro atoms. The van der Waals surface area contributed by atoms with Gasteiger partial charge in [0.2, 0.25) is 0 Å². The van der Waals surface area contributed by atoms with Gasteiger partial charge in [-0.15, -0.1) is 0 Å². The van der Waals surface area contributed by atoms with Crippen molar-refractivity contribution in [2.24, 2.45) is 7.05 Å². The summed E-state index contributed by atoms with van der Waals surface area (Å²) in [5, 5.41) is 18.2. The van der Waals surface area contributed by atoms with Crippen LogP contribution in [0.25, 0.3) is 0 Å². The molecule has 0 aliphatic heterocycles. The molecule has 0 saturated carbocycles. The third kappa shape index (κ3) is 2.90. The van der Waals surface area contributed by atoms with Gasteiger partial charge in [-0.25, -0.2) is 0 Å². The van der Waals surface area contributed by atoms with E-state index in [-0.39, 0.29) is 10.6 Å². The monoisotopic (exact) mass is 260 g/mol. The fourth-order valence-corrected chi connectivity index (χ4v) is 1.95. The van der Waals surface area contributed by atoms with Crippen LogP contribution in [0.15, 0.2) is 24.5 Å². The molecule has 0 radical (unpaired) electrons. The maximum absolute atomic E-state index is 10.8. The highest BCUT2D eigenvalue weighted by Crippen LogP contribution is 2.26. The summed E-state index contributed by atoms with van der Waals surface area (Å²) < 4.78 is 1.74. The molecular weight excluding hydrogens is 244 g/mol. The minimum Gasteiger partial charge on any atom is -0.381 e. The zero-order valence-electron chi connectivity index (χ0n) is 11.2. The van der Waals surface area contributed by atoms with E-state index in [4.69, 9.17) is 0 Å². The average molecular weight is 260 g/mol. The molecule has 1 N–H and O–H groups in total. The zero-order chi connectivity index (χ0) is 14.0. The van der Waals surface area contributed by atoms with E-state index in [0.717, 1.165) is 16.8 Å². The summed E-state index contributed by atoms with van der Waals surface area (Å²) in [6, 6.07) is 3.41. The highest BCUT2D eigenvalue weighted by molar-refractivity contribution is 5.59. The number of aromatic nitrogens is 2. The second kappa shape index (κ2) is 5.09. The molecule has 1 aromatic carbocycles. The summed E-state index contributed by atoms with van der Waals surface area (Å²) in [7, 11) is 1.87. The molecule has 0 saturated heterocycles. The number of hydrogen-bond acceptors (Lipinski definition) is 4. The largest absolute Gasteiger partial charge is 0.381 e. The normalized spacial score (nSPS) is 10.5. The molecule has 0 aliphatic carbocycles. The first-order valence-electron chi connectivity index (χ1n) is 5.94. The van der Waals surface area contributed by atoms with Gasteiger partial charge < -0.3 is 5.32 Å². The van der Waals surface area contributed by atoms with Crippen LogP contribution < -0.4 is 5.32 Å². The lowest BCUT2D eigenvalue weighted by molar-refractivity contribution is -0.385. The van der Waals surface area contributed by atoms with Crippen LogP contribution in [-0.2, 0) is 13.6 Å². The molecular formula is C13H16N4O2. The Hall–Kier alpha value is -2.37. The molecule has 1 heterocycles. The first-order chi connectivity index (χ1) is 8.97. The predicted molar refractivity (Wildman–Crippen MR) is 73.1 cm³/mol. The Labute approximate surface area is 111 Å². The molecule has 0 atom stereocenters. The molecule has 1 aromatic heterocycles. The lowest BCUT2D eigenvalue weighted by atomic mass is 10.1. The van der Waals surface area contributed by atoms with Crippen molar-refractivity contribution >= 4 is 11.4 Å². The second-order valence-electron chi connectivity index (χ2n) is 4.59. The number of nitro benzene ring substituents is 1. The number of anilines is 1. The number of nitrogens with one attached hydrogen (secondary N) is 1. The molecule has 6 heteroatoms. The summed E-state index contributed by atoms with van der Waals surface area (Å²) in [6.45, 7) is 4.25. The first kappa shape index (κ1) is 13.1. The van der Waals surface area contributed by atoms with E-state index < -0.39 is 0 Å². The van der Waals surface area contributed by atoms with Crippen LogP contribution in [0.3, 0.4) is 0 Å². The fraction of sp³-hybridized carbons (Fsp3) is 0.308. The van der Waals surface area contributed by atoms with Crippen molar-refractivity contribution in [3.05, 3.63) is 51.3 Å². The van der Waals surface area contributed by atoms with Crippen molar-refractivity contribution in [3.63, 3.8) is 0 Å². The van der Waals surface area contributed by atoms with Crippen LogP contribution in [0, 0.1) is 24.0 Å². The van der Waals surface area contributed by atoms with Gasteiger partial charge in [0.25, 0.3) is 5.69 Å².